The molecule has 1 aromatic heterocycles. The molecule has 2 N–H and O–H groups in total. The molecule has 0 atom stereocenters. The molecule has 0 radical (unpaired) electrons. The molecule has 0 spiro atoms. The van der Waals surface area contributed by atoms with Crippen LogP contribution in [0.25, 0.3) is 0 Å². The first kappa shape index (κ1) is 15.2. The van der Waals surface area contributed by atoms with E-state index in [2.05, 4.69) is 53.9 Å². The molecule has 0 fully saturated rings. The molecule has 0 bridgehead atoms. The molecule has 1 rings (SSSR count). The van der Waals surface area contributed by atoms with Crippen molar-refractivity contribution in [1.29, 1.82) is 0 Å². The van der Waals surface area contributed by atoms with E-state index >= 15 is 0 Å². The van der Waals surface area contributed by atoms with Crippen LogP contribution in [-0.2, 0) is 6.42 Å². The highest BCUT2D eigenvalue weighted by molar-refractivity contribution is 9.11. The molecule has 1 aromatic rings. The molecular formula is C13H23BrN2S. The van der Waals surface area contributed by atoms with E-state index in [9.17, 15) is 0 Å². The van der Waals surface area contributed by atoms with Crippen LogP contribution >= 0.6 is 27.3 Å². The lowest BCUT2D eigenvalue weighted by Gasteiger charge is -2.29. The fourth-order valence-electron chi connectivity index (χ4n) is 2.07. The number of nitrogens with zero attached hydrogens (tertiary/aromatic N) is 1. The number of thiophene rings is 1. The second-order valence-electron chi connectivity index (χ2n) is 5.40. The Kier molecular flexibility index (Phi) is 6.13. The zero-order valence-electron chi connectivity index (χ0n) is 11.0. The first-order chi connectivity index (χ1) is 7.93. The first-order valence-electron chi connectivity index (χ1n) is 6.06. The molecular weight excluding hydrogens is 296 g/mol. The second kappa shape index (κ2) is 6.88. The van der Waals surface area contributed by atoms with E-state index in [4.69, 9.17) is 5.73 Å². The van der Waals surface area contributed by atoms with Gasteiger partial charge in [0.15, 0.2) is 0 Å². The van der Waals surface area contributed by atoms with Crippen LogP contribution in [0.4, 0.5) is 0 Å². The van der Waals surface area contributed by atoms with E-state index < -0.39 is 0 Å². The van der Waals surface area contributed by atoms with Gasteiger partial charge in [-0.3, -0.25) is 0 Å². The average molecular weight is 319 g/mol. The number of halogens is 1. The molecule has 0 unspecified atom stereocenters. The van der Waals surface area contributed by atoms with Crippen molar-refractivity contribution in [1.82, 2.24) is 4.90 Å². The summed E-state index contributed by atoms with van der Waals surface area (Å²) in [4.78, 5) is 3.85. The third-order valence-electron chi connectivity index (χ3n) is 2.89. The quantitative estimate of drug-likeness (QED) is 0.835. The highest BCUT2D eigenvalue weighted by atomic mass is 79.9. The zero-order chi connectivity index (χ0) is 12.9. The second-order valence-corrected chi connectivity index (χ2v) is 7.94. The van der Waals surface area contributed by atoms with Crippen molar-refractivity contribution in [3.8, 4) is 0 Å². The summed E-state index contributed by atoms with van der Waals surface area (Å²) in [7, 11) is 2.20. The SMILES string of the molecule is CN(CCc1ccc(Br)s1)CC(C)(C)CCN. The van der Waals surface area contributed by atoms with E-state index in [1.54, 1.807) is 0 Å². The summed E-state index contributed by atoms with van der Waals surface area (Å²) in [6.07, 6.45) is 2.22. The van der Waals surface area contributed by atoms with Gasteiger partial charge in [-0.25, -0.2) is 0 Å². The monoisotopic (exact) mass is 318 g/mol. The van der Waals surface area contributed by atoms with Crippen molar-refractivity contribution in [2.24, 2.45) is 11.1 Å². The fourth-order valence-corrected chi connectivity index (χ4v) is 3.54. The minimum Gasteiger partial charge on any atom is -0.330 e. The van der Waals surface area contributed by atoms with Gasteiger partial charge in [0.2, 0.25) is 0 Å². The van der Waals surface area contributed by atoms with Gasteiger partial charge in [0.05, 0.1) is 3.79 Å². The Morgan fingerprint density at radius 3 is 2.65 bits per heavy atom. The van der Waals surface area contributed by atoms with E-state index in [0.717, 1.165) is 32.5 Å². The molecule has 17 heavy (non-hydrogen) atoms. The Balaban J connectivity index is 2.32. The van der Waals surface area contributed by atoms with Crippen molar-refractivity contribution < 1.29 is 0 Å². The molecule has 0 aliphatic carbocycles. The number of hydrogen-bond donors (Lipinski definition) is 1. The highest BCUT2D eigenvalue weighted by Gasteiger charge is 2.18. The van der Waals surface area contributed by atoms with Crippen LogP contribution in [0.15, 0.2) is 15.9 Å². The fraction of sp³-hybridized carbons (Fsp3) is 0.692. The highest BCUT2D eigenvalue weighted by Crippen LogP contribution is 2.23. The summed E-state index contributed by atoms with van der Waals surface area (Å²) in [5.74, 6) is 0. The summed E-state index contributed by atoms with van der Waals surface area (Å²) < 4.78 is 1.22. The molecule has 0 aliphatic rings. The van der Waals surface area contributed by atoms with Crippen molar-refractivity contribution in [3.63, 3.8) is 0 Å². The van der Waals surface area contributed by atoms with E-state index in [0.29, 0.717) is 5.41 Å². The van der Waals surface area contributed by atoms with Gasteiger partial charge in [-0.15, -0.1) is 11.3 Å². The molecule has 4 heteroatoms. The van der Waals surface area contributed by atoms with Gasteiger partial charge in [0.1, 0.15) is 0 Å². The summed E-state index contributed by atoms with van der Waals surface area (Å²) >= 11 is 5.33. The van der Waals surface area contributed by atoms with Crippen LogP contribution in [0.1, 0.15) is 25.1 Å². The number of rotatable bonds is 7. The van der Waals surface area contributed by atoms with Gasteiger partial charge in [0, 0.05) is 18.0 Å². The molecule has 98 valence electrons. The Morgan fingerprint density at radius 2 is 2.12 bits per heavy atom. The van der Waals surface area contributed by atoms with Crippen LogP contribution in [0, 0.1) is 5.41 Å². The van der Waals surface area contributed by atoms with E-state index in [-0.39, 0.29) is 0 Å². The molecule has 2 nitrogen and oxygen atoms in total. The Morgan fingerprint density at radius 1 is 1.41 bits per heavy atom. The van der Waals surface area contributed by atoms with Gasteiger partial charge >= 0.3 is 0 Å². The number of nitrogens with two attached hydrogens (primary N) is 1. The smallest absolute Gasteiger partial charge is 0.0701 e. The Bertz CT molecular complexity index is 336. The zero-order valence-corrected chi connectivity index (χ0v) is 13.4. The van der Waals surface area contributed by atoms with Gasteiger partial charge < -0.3 is 10.6 Å². The third kappa shape index (κ3) is 6.00. The standard InChI is InChI=1S/C13H23BrN2S/c1-13(2,7-8-15)10-16(3)9-6-11-4-5-12(14)17-11/h4-5H,6-10,15H2,1-3H3. The maximum absolute atomic E-state index is 5.64. The van der Waals surface area contributed by atoms with Gasteiger partial charge in [-0.2, -0.15) is 0 Å². The maximum Gasteiger partial charge on any atom is 0.0701 e. The average Bonchev–Trinajstić information content (AvgIpc) is 2.60. The normalized spacial score (nSPS) is 12.4. The molecule has 0 aromatic carbocycles. The predicted octanol–water partition coefficient (Wildman–Crippen LogP) is 3.36. The minimum atomic E-state index is 0.319. The largest absolute Gasteiger partial charge is 0.330 e. The van der Waals surface area contributed by atoms with Crippen LogP contribution in [0.3, 0.4) is 0 Å². The van der Waals surface area contributed by atoms with Crippen LogP contribution in [0.2, 0.25) is 0 Å². The Labute approximate surface area is 117 Å². The van der Waals surface area contributed by atoms with Gasteiger partial charge in [-0.1, -0.05) is 13.8 Å². The lowest BCUT2D eigenvalue weighted by molar-refractivity contribution is 0.202. The third-order valence-corrected chi connectivity index (χ3v) is 4.57. The molecule has 0 amide bonds. The topological polar surface area (TPSA) is 29.3 Å². The van der Waals surface area contributed by atoms with Crippen molar-refractivity contribution in [2.45, 2.75) is 26.7 Å². The summed E-state index contributed by atoms with van der Waals surface area (Å²) in [6.45, 7) is 7.58. The van der Waals surface area contributed by atoms with Crippen molar-refractivity contribution >= 4 is 27.3 Å². The summed E-state index contributed by atoms with van der Waals surface area (Å²) in [5, 5.41) is 0. The summed E-state index contributed by atoms with van der Waals surface area (Å²) in [6, 6.07) is 4.33. The molecule has 0 saturated carbocycles. The van der Waals surface area contributed by atoms with Crippen LogP contribution < -0.4 is 5.73 Å². The lowest BCUT2D eigenvalue weighted by atomic mass is 9.89. The first-order valence-corrected chi connectivity index (χ1v) is 7.67. The van der Waals surface area contributed by atoms with Crippen molar-refractivity contribution in [2.75, 3.05) is 26.7 Å². The van der Waals surface area contributed by atoms with Gasteiger partial charge in [0.25, 0.3) is 0 Å². The molecule has 0 aliphatic heterocycles. The molecule has 0 saturated heterocycles. The molecule has 1 heterocycles. The van der Waals surface area contributed by atoms with Gasteiger partial charge in [-0.05, 0) is 59.9 Å². The predicted molar refractivity (Wildman–Crippen MR) is 80.7 cm³/mol. The maximum atomic E-state index is 5.64. The summed E-state index contributed by atoms with van der Waals surface area (Å²) in [5.41, 5.74) is 5.96. The number of likely N-dealkylation sites (N-methyl/N-ethyl adjacent to an activating group) is 1. The number of hydrogen-bond acceptors (Lipinski definition) is 3. The van der Waals surface area contributed by atoms with Crippen LogP contribution in [-0.4, -0.2) is 31.6 Å². The van der Waals surface area contributed by atoms with E-state index in [1.807, 2.05) is 11.3 Å². The lowest BCUT2D eigenvalue weighted by Crippen LogP contribution is -2.34. The van der Waals surface area contributed by atoms with Crippen LogP contribution in [0.5, 0.6) is 0 Å². The Hall–Kier alpha value is 0.1000. The minimum absolute atomic E-state index is 0.319. The van der Waals surface area contributed by atoms with E-state index in [1.165, 1.54) is 8.66 Å². The van der Waals surface area contributed by atoms with Crippen molar-refractivity contribution in [3.05, 3.63) is 20.8 Å².